The van der Waals surface area contributed by atoms with Crippen LogP contribution in [0.4, 0.5) is 0 Å². The highest BCUT2D eigenvalue weighted by Gasteiger charge is 2.28. The number of hydrogen-bond acceptors (Lipinski definition) is 2. The van der Waals surface area contributed by atoms with Crippen LogP contribution in [0.15, 0.2) is 24.3 Å². The van der Waals surface area contributed by atoms with Gasteiger partial charge >= 0.3 is 0 Å². The minimum absolute atomic E-state index is 0. The normalized spacial score (nSPS) is 15.9. The van der Waals surface area contributed by atoms with Gasteiger partial charge in [-0.05, 0) is 30.9 Å². The molecular weight excluding hydrogens is 236 g/mol. The fourth-order valence-corrected chi connectivity index (χ4v) is 2.31. The predicted octanol–water partition coefficient (Wildman–Crippen LogP) is 1.38. The zero-order chi connectivity index (χ0) is 11.7. The van der Waals surface area contributed by atoms with E-state index in [2.05, 4.69) is 24.3 Å². The van der Waals surface area contributed by atoms with Gasteiger partial charge in [-0.2, -0.15) is 0 Å². The molecule has 1 atom stereocenters. The number of nitrogens with zero attached hydrogens (tertiary/aromatic N) is 1. The third kappa shape index (κ3) is 2.79. The average molecular weight is 255 g/mol. The summed E-state index contributed by atoms with van der Waals surface area (Å²) < 4.78 is 0. The molecule has 0 saturated heterocycles. The molecule has 17 heavy (non-hydrogen) atoms. The number of rotatable bonds is 2. The lowest BCUT2D eigenvalue weighted by molar-refractivity contribution is -0.132. The first-order chi connectivity index (χ1) is 7.59. The number of carbonyl (C=O) groups excluding carboxylic acids is 1. The van der Waals surface area contributed by atoms with Gasteiger partial charge in [0.15, 0.2) is 0 Å². The van der Waals surface area contributed by atoms with E-state index in [0.717, 1.165) is 12.8 Å². The summed E-state index contributed by atoms with van der Waals surface area (Å²) in [4.78, 5) is 13.6. The number of carbonyl (C=O) groups is 1. The first-order valence-corrected chi connectivity index (χ1v) is 5.68. The number of amides is 1. The van der Waals surface area contributed by atoms with E-state index < -0.39 is 6.04 Å². The topological polar surface area (TPSA) is 46.3 Å². The molecule has 0 unspecified atom stereocenters. The Morgan fingerprint density at radius 1 is 1.35 bits per heavy atom. The van der Waals surface area contributed by atoms with Crippen molar-refractivity contribution < 1.29 is 4.79 Å². The molecule has 94 valence electrons. The molecule has 0 aromatic heterocycles. The fourth-order valence-electron chi connectivity index (χ4n) is 2.31. The van der Waals surface area contributed by atoms with Crippen LogP contribution in [0.25, 0.3) is 0 Å². The summed E-state index contributed by atoms with van der Waals surface area (Å²) in [6.45, 7) is 1.74. The molecular formula is C13H19ClN2O. The number of halogens is 1. The summed E-state index contributed by atoms with van der Waals surface area (Å²) in [5.74, 6) is 0.0257. The maximum Gasteiger partial charge on any atom is 0.239 e. The molecule has 2 N–H and O–H groups in total. The van der Waals surface area contributed by atoms with E-state index in [9.17, 15) is 4.79 Å². The molecule has 1 aromatic carbocycles. The largest absolute Gasteiger partial charge is 0.341 e. The van der Waals surface area contributed by atoms with Gasteiger partial charge in [0.25, 0.3) is 0 Å². The number of likely N-dealkylation sites (N-methyl/N-ethyl adjacent to an activating group) is 1. The molecule has 4 heteroatoms. The maximum absolute atomic E-state index is 11.8. The standard InChI is InChI=1S/C13H18N2O.ClH/c1-9(14)13(16)15(2)12-7-10-5-3-4-6-11(10)8-12;/h3-6,9,12H,7-8,14H2,1-2H3;1H/t9-;/m1./s1. The lowest BCUT2D eigenvalue weighted by Crippen LogP contribution is -2.45. The zero-order valence-electron chi connectivity index (χ0n) is 10.2. The SMILES string of the molecule is C[C@@H](N)C(=O)N(C)C1Cc2ccccc2C1.Cl. The van der Waals surface area contributed by atoms with Crippen molar-refractivity contribution in [3.05, 3.63) is 35.4 Å². The van der Waals surface area contributed by atoms with Gasteiger partial charge in [-0.15, -0.1) is 12.4 Å². The molecule has 1 amide bonds. The Hall–Kier alpha value is -1.06. The minimum atomic E-state index is -0.409. The summed E-state index contributed by atoms with van der Waals surface area (Å²) in [6, 6.07) is 8.24. The molecule has 0 fully saturated rings. The Morgan fingerprint density at radius 2 is 1.82 bits per heavy atom. The Balaban J connectivity index is 0.00000144. The van der Waals surface area contributed by atoms with Gasteiger partial charge in [0.1, 0.15) is 0 Å². The Kier molecular flexibility index (Phi) is 4.54. The highest BCUT2D eigenvalue weighted by atomic mass is 35.5. The third-order valence-electron chi connectivity index (χ3n) is 3.31. The molecule has 0 heterocycles. The number of benzene rings is 1. The van der Waals surface area contributed by atoms with Crippen molar-refractivity contribution in [2.24, 2.45) is 5.73 Å². The van der Waals surface area contributed by atoms with Crippen molar-refractivity contribution in [2.75, 3.05) is 7.05 Å². The Morgan fingerprint density at radius 3 is 2.24 bits per heavy atom. The van der Waals surface area contributed by atoms with E-state index in [1.165, 1.54) is 11.1 Å². The summed E-state index contributed by atoms with van der Waals surface area (Å²) in [7, 11) is 1.85. The quantitative estimate of drug-likeness (QED) is 0.867. The van der Waals surface area contributed by atoms with E-state index >= 15 is 0 Å². The van der Waals surface area contributed by atoms with Crippen LogP contribution >= 0.6 is 12.4 Å². The van der Waals surface area contributed by atoms with E-state index in [1.54, 1.807) is 11.8 Å². The van der Waals surface area contributed by atoms with Crippen molar-refractivity contribution in [3.8, 4) is 0 Å². The first-order valence-electron chi connectivity index (χ1n) is 5.68. The van der Waals surface area contributed by atoms with Crippen LogP contribution in [0.2, 0.25) is 0 Å². The third-order valence-corrected chi connectivity index (χ3v) is 3.31. The number of nitrogens with two attached hydrogens (primary N) is 1. The Labute approximate surface area is 108 Å². The van der Waals surface area contributed by atoms with Gasteiger partial charge in [-0.3, -0.25) is 4.79 Å². The van der Waals surface area contributed by atoms with Gasteiger partial charge in [0.05, 0.1) is 6.04 Å². The van der Waals surface area contributed by atoms with E-state index in [1.807, 2.05) is 7.05 Å². The van der Waals surface area contributed by atoms with Gasteiger partial charge in [-0.1, -0.05) is 24.3 Å². The molecule has 1 aliphatic carbocycles. The summed E-state index contributed by atoms with van der Waals surface area (Å²) in [5.41, 5.74) is 8.33. The van der Waals surface area contributed by atoms with Crippen LogP contribution in [0.1, 0.15) is 18.1 Å². The number of fused-ring (bicyclic) bond motifs is 1. The molecule has 3 nitrogen and oxygen atoms in total. The van der Waals surface area contributed by atoms with Crippen LogP contribution in [0.5, 0.6) is 0 Å². The first kappa shape index (κ1) is 14.0. The van der Waals surface area contributed by atoms with Crippen molar-refractivity contribution in [1.82, 2.24) is 4.90 Å². The molecule has 0 saturated carbocycles. The van der Waals surface area contributed by atoms with Crippen molar-refractivity contribution in [1.29, 1.82) is 0 Å². The van der Waals surface area contributed by atoms with Gasteiger partial charge in [0, 0.05) is 13.1 Å². The van der Waals surface area contributed by atoms with Crippen LogP contribution in [0, 0.1) is 0 Å². The predicted molar refractivity (Wildman–Crippen MR) is 71.3 cm³/mol. The molecule has 0 bridgehead atoms. The van der Waals surface area contributed by atoms with Crippen LogP contribution in [-0.4, -0.2) is 29.9 Å². The number of hydrogen-bond donors (Lipinski definition) is 1. The zero-order valence-corrected chi connectivity index (χ0v) is 11.0. The van der Waals surface area contributed by atoms with Gasteiger partial charge in [-0.25, -0.2) is 0 Å². The van der Waals surface area contributed by atoms with Crippen LogP contribution < -0.4 is 5.73 Å². The van der Waals surface area contributed by atoms with E-state index in [-0.39, 0.29) is 24.4 Å². The van der Waals surface area contributed by atoms with Crippen molar-refractivity contribution in [2.45, 2.75) is 31.8 Å². The smallest absolute Gasteiger partial charge is 0.239 e. The second-order valence-electron chi connectivity index (χ2n) is 4.57. The van der Waals surface area contributed by atoms with Crippen LogP contribution in [0.3, 0.4) is 0 Å². The summed E-state index contributed by atoms with van der Waals surface area (Å²) >= 11 is 0. The average Bonchev–Trinajstić information content (AvgIpc) is 2.70. The lowest BCUT2D eigenvalue weighted by Gasteiger charge is -2.25. The molecule has 2 rings (SSSR count). The molecule has 0 aliphatic heterocycles. The molecule has 1 aliphatic rings. The monoisotopic (exact) mass is 254 g/mol. The van der Waals surface area contributed by atoms with Gasteiger partial charge < -0.3 is 10.6 Å². The van der Waals surface area contributed by atoms with E-state index in [4.69, 9.17) is 5.73 Å². The maximum atomic E-state index is 11.8. The highest BCUT2D eigenvalue weighted by molar-refractivity contribution is 5.85. The molecule has 0 spiro atoms. The van der Waals surface area contributed by atoms with Crippen molar-refractivity contribution in [3.63, 3.8) is 0 Å². The lowest BCUT2D eigenvalue weighted by atomic mass is 10.1. The molecule has 1 aromatic rings. The molecule has 0 radical (unpaired) electrons. The summed E-state index contributed by atoms with van der Waals surface area (Å²) in [6.07, 6.45) is 1.90. The minimum Gasteiger partial charge on any atom is -0.341 e. The Bertz CT molecular complexity index is 381. The van der Waals surface area contributed by atoms with Crippen molar-refractivity contribution >= 4 is 18.3 Å². The second-order valence-corrected chi connectivity index (χ2v) is 4.57. The summed E-state index contributed by atoms with van der Waals surface area (Å²) in [5, 5.41) is 0. The van der Waals surface area contributed by atoms with Crippen LogP contribution in [-0.2, 0) is 17.6 Å². The highest BCUT2D eigenvalue weighted by Crippen LogP contribution is 2.24. The fraction of sp³-hybridized carbons (Fsp3) is 0.462. The van der Waals surface area contributed by atoms with E-state index in [0.29, 0.717) is 0 Å². The van der Waals surface area contributed by atoms with Gasteiger partial charge in [0.2, 0.25) is 5.91 Å². The second kappa shape index (κ2) is 5.52.